The molecule has 1 amide bonds. The number of nitrogens with one attached hydrogen (secondary N) is 2. The van der Waals surface area contributed by atoms with E-state index in [0.29, 0.717) is 23.6 Å². The fourth-order valence-corrected chi connectivity index (χ4v) is 4.41. The molecule has 180 valence electrons. The molecule has 2 atom stereocenters. The van der Waals surface area contributed by atoms with Gasteiger partial charge in [-0.3, -0.25) is 4.79 Å². The SMILES string of the molecule is Cc1noc(-c2ccc(NC(=O)[C@H]3NCC[C@H]3C3CCCCC3)cc2)n1.O=C(O)C(F)(F)F. The van der Waals surface area contributed by atoms with Crippen molar-refractivity contribution in [1.82, 2.24) is 15.5 Å². The highest BCUT2D eigenvalue weighted by Crippen LogP contribution is 2.36. The zero-order valence-corrected chi connectivity index (χ0v) is 18.2. The number of halogens is 3. The number of carbonyl (C=O) groups is 2. The molecule has 33 heavy (non-hydrogen) atoms. The Morgan fingerprint density at radius 2 is 1.76 bits per heavy atom. The molecule has 0 unspecified atom stereocenters. The molecule has 0 spiro atoms. The average Bonchev–Trinajstić information content (AvgIpc) is 3.44. The van der Waals surface area contributed by atoms with Gasteiger partial charge in [0.2, 0.25) is 5.91 Å². The Morgan fingerprint density at radius 3 is 2.30 bits per heavy atom. The van der Waals surface area contributed by atoms with E-state index < -0.39 is 12.1 Å². The second-order valence-corrected chi connectivity index (χ2v) is 8.30. The molecule has 11 heteroatoms. The lowest BCUT2D eigenvalue weighted by Gasteiger charge is -2.30. The van der Waals surface area contributed by atoms with Gasteiger partial charge in [-0.25, -0.2) is 4.79 Å². The second-order valence-electron chi connectivity index (χ2n) is 8.30. The predicted molar refractivity (Wildman–Crippen MR) is 113 cm³/mol. The van der Waals surface area contributed by atoms with Crippen LogP contribution < -0.4 is 10.6 Å². The van der Waals surface area contributed by atoms with Crippen LogP contribution in [0.4, 0.5) is 18.9 Å². The number of benzene rings is 1. The Morgan fingerprint density at radius 1 is 1.12 bits per heavy atom. The quantitative estimate of drug-likeness (QED) is 0.616. The summed E-state index contributed by atoms with van der Waals surface area (Å²) in [6.45, 7) is 2.73. The standard InChI is InChI=1S/C20H26N4O2.C2HF3O2/c1-13-22-20(26-24-13)15-7-9-16(10-8-15)23-19(25)18-17(11-12-21-18)14-5-3-2-4-6-14;3-2(4,5)1(6)7/h7-10,14,17-18,21H,2-6,11-12H2,1H3,(H,23,25);(H,6,7)/t17-,18-;/m0./s1. The van der Waals surface area contributed by atoms with Gasteiger partial charge >= 0.3 is 12.1 Å². The normalized spacial score (nSPS) is 21.2. The minimum absolute atomic E-state index is 0.0728. The summed E-state index contributed by atoms with van der Waals surface area (Å²) in [5.74, 6) is -0.408. The minimum Gasteiger partial charge on any atom is -0.475 e. The summed E-state index contributed by atoms with van der Waals surface area (Å²) < 4.78 is 36.9. The molecular formula is C22H27F3N4O4. The lowest BCUT2D eigenvalue weighted by molar-refractivity contribution is -0.192. The highest BCUT2D eigenvalue weighted by Gasteiger charge is 2.39. The molecule has 2 aromatic rings. The molecule has 1 saturated carbocycles. The van der Waals surface area contributed by atoms with E-state index >= 15 is 0 Å². The first-order valence-electron chi connectivity index (χ1n) is 10.9. The monoisotopic (exact) mass is 468 g/mol. The van der Waals surface area contributed by atoms with Crippen molar-refractivity contribution < 1.29 is 32.4 Å². The number of nitrogens with zero attached hydrogens (tertiary/aromatic N) is 2. The topological polar surface area (TPSA) is 117 Å². The van der Waals surface area contributed by atoms with E-state index in [1.165, 1.54) is 32.1 Å². The molecule has 1 aromatic heterocycles. The van der Waals surface area contributed by atoms with Crippen molar-refractivity contribution in [3.63, 3.8) is 0 Å². The average molecular weight is 468 g/mol. The van der Waals surface area contributed by atoms with Crippen LogP contribution in [-0.4, -0.2) is 45.9 Å². The maximum Gasteiger partial charge on any atom is 0.490 e. The highest BCUT2D eigenvalue weighted by atomic mass is 19.4. The van der Waals surface area contributed by atoms with E-state index in [1.807, 2.05) is 24.3 Å². The van der Waals surface area contributed by atoms with Crippen LogP contribution in [0.25, 0.3) is 11.5 Å². The minimum atomic E-state index is -5.08. The van der Waals surface area contributed by atoms with Crippen molar-refractivity contribution in [1.29, 1.82) is 0 Å². The first-order valence-corrected chi connectivity index (χ1v) is 10.9. The molecule has 4 rings (SSSR count). The molecular weight excluding hydrogens is 441 g/mol. The van der Waals surface area contributed by atoms with Crippen LogP contribution >= 0.6 is 0 Å². The summed E-state index contributed by atoms with van der Waals surface area (Å²) in [4.78, 5) is 25.9. The van der Waals surface area contributed by atoms with Crippen LogP contribution in [0.5, 0.6) is 0 Å². The third kappa shape index (κ3) is 6.77. The number of aliphatic carboxylic acids is 1. The Hall–Kier alpha value is -2.95. The van der Waals surface area contributed by atoms with Gasteiger partial charge in [0.25, 0.3) is 5.89 Å². The number of carboxylic acid groups (broad SMARTS) is 1. The number of amides is 1. The van der Waals surface area contributed by atoms with Gasteiger partial charge in [-0.05, 0) is 56.0 Å². The third-order valence-electron chi connectivity index (χ3n) is 5.98. The van der Waals surface area contributed by atoms with E-state index in [9.17, 15) is 18.0 Å². The highest BCUT2D eigenvalue weighted by molar-refractivity contribution is 5.95. The van der Waals surface area contributed by atoms with Crippen LogP contribution in [0.1, 0.15) is 44.3 Å². The zero-order valence-electron chi connectivity index (χ0n) is 18.2. The summed E-state index contributed by atoms with van der Waals surface area (Å²) in [6, 6.07) is 7.48. The van der Waals surface area contributed by atoms with Crippen molar-refractivity contribution in [3.8, 4) is 11.5 Å². The largest absolute Gasteiger partial charge is 0.490 e. The molecule has 8 nitrogen and oxygen atoms in total. The molecule has 1 aliphatic heterocycles. The number of carboxylic acids is 1. The van der Waals surface area contributed by atoms with Crippen LogP contribution in [0, 0.1) is 18.8 Å². The van der Waals surface area contributed by atoms with Crippen LogP contribution in [0.15, 0.2) is 28.8 Å². The number of carbonyl (C=O) groups excluding carboxylic acids is 1. The van der Waals surface area contributed by atoms with Gasteiger partial charge in [0, 0.05) is 11.3 Å². The number of alkyl halides is 3. The summed E-state index contributed by atoms with van der Waals surface area (Å²) in [6.07, 6.45) is 2.54. The molecule has 2 aliphatic rings. The van der Waals surface area contributed by atoms with E-state index in [-0.39, 0.29) is 11.9 Å². The van der Waals surface area contributed by atoms with E-state index in [2.05, 4.69) is 20.8 Å². The molecule has 1 aromatic carbocycles. The fraction of sp³-hybridized carbons (Fsp3) is 0.545. The van der Waals surface area contributed by atoms with Crippen molar-refractivity contribution in [2.45, 2.75) is 57.7 Å². The van der Waals surface area contributed by atoms with E-state index in [4.69, 9.17) is 14.4 Å². The maximum atomic E-state index is 12.8. The molecule has 2 fully saturated rings. The smallest absolute Gasteiger partial charge is 0.475 e. The molecule has 0 bridgehead atoms. The molecule has 1 saturated heterocycles. The van der Waals surface area contributed by atoms with Gasteiger partial charge in [0.05, 0.1) is 6.04 Å². The molecule has 3 N–H and O–H groups in total. The van der Waals surface area contributed by atoms with Crippen LogP contribution in [-0.2, 0) is 9.59 Å². The lowest BCUT2D eigenvalue weighted by atomic mass is 9.76. The van der Waals surface area contributed by atoms with E-state index in [1.54, 1.807) is 6.92 Å². The van der Waals surface area contributed by atoms with Gasteiger partial charge in [-0.2, -0.15) is 18.2 Å². The maximum absolute atomic E-state index is 12.8. The lowest BCUT2D eigenvalue weighted by Crippen LogP contribution is -2.42. The summed E-state index contributed by atoms with van der Waals surface area (Å²) in [7, 11) is 0. The number of anilines is 1. The summed E-state index contributed by atoms with van der Waals surface area (Å²) >= 11 is 0. The number of aryl methyl sites for hydroxylation is 1. The van der Waals surface area contributed by atoms with Crippen molar-refractivity contribution in [3.05, 3.63) is 30.1 Å². The Kier molecular flexibility index (Phi) is 8.06. The zero-order chi connectivity index (χ0) is 24.0. The van der Waals surface area contributed by atoms with Crippen LogP contribution in [0.3, 0.4) is 0 Å². The van der Waals surface area contributed by atoms with Crippen molar-refractivity contribution in [2.75, 3.05) is 11.9 Å². The number of hydrogen-bond acceptors (Lipinski definition) is 6. The molecule has 2 heterocycles. The molecule has 1 aliphatic carbocycles. The third-order valence-corrected chi connectivity index (χ3v) is 5.98. The fourth-order valence-electron chi connectivity index (χ4n) is 4.41. The van der Waals surface area contributed by atoms with Gasteiger partial charge < -0.3 is 20.3 Å². The Labute approximate surface area is 188 Å². The van der Waals surface area contributed by atoms with E-state index in [0.717, 1.165) is 24.2 Å². The van der Waals surface area contributed by atoms with Crippen molar-refractivity contribution >= 4 is 17.6 Å². The Balaban J connectivity index is 0.000000383. The van der Waals surface area contributed by atoms with Gasteiger partial charge in [0.15, 0.2) is 5.82 Å². The predicted octanol–water partition coefficient (Wildman–Crippen LogP) is 4.18. The number of hydrogen-bond donors (Lipinski definition) is 3. The summed E-state index contributed by atoms with van der Waals surface area (Å²) in [5.41, 5.74) is 1.65. The van der Waals surface area contributed by atoms with Crippen molar-refractivity contribution in [2.24, 2.45) is 11.8 Å². The van der Waals surface area contributed by atoms with Gasteiger partial charge in [-0.15, -0.1) is 0 Å². The van der Waals surface area contributed by atoms with Gasteiger partial charge in [-0.1, -0.05) is 37.3 Å². The number of aromatic nitrogens is 2. The number of rotatable bonds is 4. The Bertz CT molecular complexity index is 940. The second kappa shape index (κ2) is 10.8. The van der Waals surface area contributed by atoms with Gasteiger partial charge in [0.1, 0.15) is 0 Å². The molecule has 0 radical (unpaired) electrons. The first kappa shape index (κ1) is 24.7. The summed E-state index contributed by atoms with van der Waals surface area (Å²) in [5, 5.41) is 17.4. The van der Waals surface area contributed by atoms with Crippen LogP contribution in [0.2, 0.25) is 0 Å². The first-order chi connectivity index (χ1) is 15.6.